The maximum atomic E-state index is 13.7. The number of rotatable bonds is 8. The number of hydrogen-bond acceptors (Lipinski definition) is 4. The number of ether oxygens (including phenoxy) is 1. The first-order valence-electron chi connectivity index (χ1n) is 12.1. The van der Waals surface area contributed by atoms with E-state index in [2.05, 4.69) is 10.6 Å². The van der Waals surface area contributed by atoms with Gasteiger partial charge in [-0.05, 0) is 72.1 Å². The van der Waals surface area contributed by atoms with Crippen LogP contribution in [0.5, 0.6) is 0 Å². The molecule has 0 heterocycles. The summed E-state index contributed by atoms with van der Waals surface area (Å²) in [4.78, 5) is 41.2. The molecular weight excluding hydrogens is 442 g/mol. The SMILES string of the molecule is CCCN(C(=O)C(C)NC(=O)OC(C)(C)C)C(C(=O)Nc1ccccc1C)c1cc(C)cc(C)c1. The van der Waals surface area contributed by atoms with Gasteiger partial charge in [0.15, 0.2) is 0 Å². The summed E-state index contributed by atoms with van der Waals surface area (Å²) in [5, 5.41) is 5.63. The molecule has 2 atom stereocenters. The Morgan fingerprint density at radius 2 is 1.60 bits per heavy atom. The van der Waals surface area contributed by atoms with E-state index >= 15 is 0 Å². The molecule has 0 spiro atoms. The summed E-state index contributed by atoms with van der Waals surface area (Å²) in [6.45, 7) is 15.0. The van der Waals surface area contributed by atoms with Gasteiger partial charge in [0.25, 0.3) is 5.91 Å². The molecule has 3 amide bonds. The second kappa shape index (κ2) is 11.9. The summed E-state index contributed by atoms with van der Waals surface area (Å²) < 4.78 is 5.31. The van der Waals surface area contributed by atoms with Gasteiger partial charge in [-0.2, -0.15) is 0 Å². The van der Waals surface area contributed by atoms with Crippen molar-refractivity contribution in [3.8, 4) is 0 Å². The van der Waals surface area contributed by atoms with Crippen molar-refractivity contribution in [1.82, 2.24) is 10.2 Å². The molecule has 0 fully saturated rings. The van der Waals surface area contributed by atoms with Crippen molar-refractivity contribution in [2.24, 2.45) is 0 Å². The Morgan fingerprint density at radius 1 is 1.00 bits per heavy atom. The highest BCUT2D eigenvalue weighted by Gasteiger charge is 2.34. The number of carbonyl (C=O) groups excluding carboxylic acids is 3. The molecule has 0 aliphatic heterocycles. The first kappa shape index (κ1) is 27.9. The molecule has 7 heteroatoms. The van der Waals surface area contributed by atoms with Gasteiger partial charge in [-0.15, -0.1) is 0 Å². The summed E-state index contributed by atoms with van der Waals surface area (Å²) in [5.74, 6) is -0.669. The molecule has 2 aromatic rings. The molecule has 0 radical (unpaired) electrons. The van der Waals surface area contributed by atoms with Crippen LogP contribution in [-0.2, 0) is 14.3 Å². The Hall–Kier alpha value is -3.35. The standard InChI is InChI=1S/C28H39N3O4/c1-9-14-31(26(33)21(5)29-27(34)35-28(6,7)8)24(22-16-18(2)15-19(3)17-22)25(32)30-23-13-11-10-12-20(23)4/h10-13,15-17,21,24H,9,14H2,1-8H3,(H,29,34)(H,30,32). The number of aryl methyl sites for hydroxylation is 3. The maximum absolute atomic E-state index is 13.7. The first-order chi connectivity index (χ1) is 16.3. The van der Waals surface area contributed by atoms with Crippen molar-refractivity contribution < 1.29 is 19.1 Å². The van der Waals surface area contributed by atoms with Gasteiger partial charge in [0.1, 0.15) is 17.7 Å². The molecule has 0 bridgehead atoms. The predicted octanol–water partition coefficient (Wildman–Crippen LogP) is 5.44. The van der Waals surface area contributed by atoms with Gasteiger partial charge >= 0.3 is 6.09 Å². The van der Waals surface area contributed by atoms with E-state index in [0.29, 0.717) is 18.7 Å². The van der Waals surface area contributed by atoms with Crippen LogP contribution in [0.25, 0.3) is 0 Å². The normalized spacial score (nSPS) is 12.9. The fraction of sp³-hybridized carbons (Fsp3) is 0.464. The van der Waals surface area contributed by atoms with Crippen molar-refractivity contribution >= 4 is 23.6 Å². The van der Waals surface area contributed by atoms with Crippen molar-refractivity contribution in [3.05, 3.63) is 64.7 Å². The van der Waals surface area contributed by atoms with Crippen LogP contribution in [0.1, 0.15) is 69.3 Å². The van der Waals surface area contributed by atoms with Crippen molar-refractivity contribution in [2.75, 3.05) is 11.9 Å². The Bertz CT molecular complexity index is 1040. The van der Waals surface area contributed by atoms with E-state index in [4.69, 9.17) is 4.74 Å². The van der Waals surface area contributed by atoms with Gasteiger partial charge in [0.05, 0.1) is 0 Å². The van der Waals surface area contributed by atoms with E-state index in [1.54, 1.807) is 32.6 Å². The Balaban J connectivity index is 2.45. The van der Waals surface area contributed by atoms with Gasteiger partial charge in [-0.1, -0.05) is 54.4 Å². The van der Waals surface area contributed by atoms with Crippen LogP contribution in [0, 0.1) is 20.8 Å². The summed E-state index contributed by atoms with van der Waals surface area (Å²) in [5.41, 5.74) is 3.64. The van der Waals surface area contributed by atoms with Crippen LogP contribution in [0.2, 0.25) is 0 Å². The monoisotopic (exact) mass is 481 g/mol. The van der Waals surface area contributed by atoms with E-state index in [1.807, 2.05) is 70.2 Å². The smallest absolute Gasteiger partial charge is 0.408 e. The lowest BCUT2D eigenvalue weighted by atomic mass is 9.98. The third-order valence-corrected chi connectivity index (χ3v) is 5.37. The van der Waals surface area contributed by atoms with Crippen LogP contribution >= 0.6 is 0 Å². The topological polar surface area (TPSA) is 87.7 Å². The first-order valence-corrected chi connectivity index (χ1v) is 12.1. The lowest BCUT2D eigenvalue weighted by Gasteiger charge is -2.34. The van der Waals surface area contributed by atoms with Gasteiger partial charge in [-0.25, -0.2) is 4.79 Å². The maximum Gasteiger partial charge on any atom is 0.408 e. The average Bonchev–Trinajstić information content (AvgIpc) is 2.72. The van der Waals surface area contributed by atoms with Crippen LogP contribution in [0.3, 0.4) is 0 Å². The number of alkyl carbamates (subject to hydrolysis) is 1. The van der Waals surface area contributed by atoms with Crippen LogP contribution in [0.4, 0.5) is 10.5 Å². The number of benzene rings is 2. The Kier molecular flexibility index (Phi) is 9.46. The van der Waals surface area contributed by atoms with Gasteiger partial charge < -0.3 is 20.3 Å². The third kappa shape index (κ3) is 8.12. The molecule has 0 aliphatic rings. The second-order valence-corrected chi connectivity index (χ2v) is 10.0. The third-order valence-electron chi connectivity index (χ3n) is 5.37. The van der Waals surface area contributed by atoms with Gasteiger partial charge in [0.2, 0.25) is 5.91 Å². The van der Waals surface area contributed by atoms with E-state index in [1.165, 1.54) is 0 Å². The highest BCUT2D eigenvalue weighted by Crippen LogP contribution is 2.27. The van der Waals surface area contributed by atoms with Gasteiger partial charge in [0, 0.05) is 12.2 Å². The van der Waals surface area contributed by atoms with E-state index < -0.39 is 23.8 Å². The van der Waals surface area contributed by atoms with Crippen LogP contribution in [0.15, 0.2) is 42.5 Å². The largest absolute Gasteiger partial charge is 0.444 e. The minimum Gasteiger partial charge on any atom is -0.444 e. The molecule has 190 valence electrons. The number of nitrogens with zero attached hydrogens (tertiary/aromatic N) is 1. The number of carbonyl (C=O) groups is 3. The molecule has 35 heavy (non-hydrogen) atoms. The lowest BCUT2D eigenvalue weighted by molar-refractivity contribution is -0.140. The highest BCUT2D eigenvalue weighted by molar-refractivity contribution is 5.99. The molecule has 2 rings (SSSR count). The number of anilines is 1. The summed E-state index contributed by atoms with van der Waals surface area (Å²) in [6.07, 6.45) is -0.0359. The van der Waals surface area contributed by atoms with Crippen molar-refractivity contribution in [1.29, 1.82) is 0 Å². The molecule has 2 aromatic carbocycles. The lowest BCUT2D eigenvalue weighted by Crippen LogP contribution is -2.51. The molecule has 2 unspecified atom stereocenters. The molecular formula is C28H39N3O4. The fourth-order valence-corrected chi connectivity index (χ4v) is 3.96. The minimum absolute atomic E-state index is 0.310. The van der Waals surface area contributed by atoms with E-state index in [-0.39, 0.29) is 11.8 Å². The van der Waals surface area contributed by atoms with Crippen molar-refractivity contribution in [2.45, 2.75) is 79.5 Å². The number of amides is 3. The predicted molar refractivity (Wildman–Crippen MR) is 139 cm³/mol. The average molecular weight is 482 g/mol. The highest BCUT2D eigenvalue weighted by atomic mass is 16.6. The number of nitrogens with one attached hydrogen (secondary N) is 2. The minimum atomic E-state index is -0.879. The molecule has 0 aromatic heterocycles. The molecule has 0 saturated carbocycles. The fourth-order valence-electron chi connectivity index (χ4n) is 3.96. The molecule has 0 aliphatic carbocycles. The van der Waals surface area contributed by atoms with Gasteiger partial charge in [-0.3, -0.25) is 9.59 Å². The second-order valence-electron chi connectivity index (χ2n) is 10.0. The number of para-hydroxylation sites is 1. The van der Waals surface area contributed by atoms with E-state index in [9.17, 15) is 14.4 Å². The summed E-state index contributed by atoms with van der Waals surface area (Å²) in [7, 11) is 0. The van der Waals surface area contributed by atoms with Crippen molar-refractivity contribution in [3.63, 3.8) is 0 Å². The molecule has 0 saturated heterocycles. The van der Waals surface area contributed by atoms with Crippen LogP contribution < -0.4 is 10.6 Å². The Labute approximate surface area is 209 Å². The molecule has 7 nitrogen and oxygen atoms in total. The Morgan fingerprint density at radius 3 is 2.14 bits per heavy atom. The zero-order valence-corrected chi connectivity index (χ0v) is 22.2. The zero-order valence-electron chi connectivity index (χ0n) is 22.2. The molecule has 2 N–H and O–H groups in total. The number of hydrogen-bond donors (Lipinski definition) is 2. The quantitative estimate of drug-likeness (QED) is 0.525. The van der Waals surface area contributed by atoms with E-state index in [0.717, 1.165) is 22.3 Å². The summed E-state index contributed by atoms with van der Waals surface area (Å²) >= 11 is 0. The van der Waals surface area contributed by atoms with Crippen LogP contribution in [-0.4, -0.2) is 41.0 Å². The summed E-state index contributed by atoms with van der Waals surface area (Å²) in [6, 6.07) is 11.7. The zero-order chi connectivity index (χ0) is 26.3.